The lowest BCUT2D eigenvalue weighted by Gasteiger charge is -2.22. The first-order valence-corrected chi connectivity index (χ1v) is 6.95. The van der Waals surface area contributed by atoms with E-state index >= 15 is 0 Å². The van der Waals surface area contributed by atoms with Gasteiger partial charge in [-0.15, -0.1) is 0 Å². The van der Waals surface area contributed by atoms with Crippen molar-refractivity contribution < 1.29 is 0 Å². The molecule has 0 saturated carbocycles. The third-order valence-electron chi connectivity index (χ3n) is 3.91. The van der Waals surface area contributed by atoms with Crippen molar-refractivity contribution in [2.45, 2.75) is 18.9 Å². The van der Waals surface area contributed by atoms with Gasteiger partial charge >= 0.3 is 0 Å². The molecule has 4 heterocycles. The van der Waals surface area contributed by atoms with Gasteiger partial charge in [0.05, 0.1) is 17.9 Å². The van der Waals surface area contributed by atoms with E-state index in [1.54, 1.807) is 6.33 Å². The maximum atomic E-state index is 4.53. The van der Waals surface area contributed by atoms with Gasteiger partial charge in [0, 0.05) is 23.3 Å². The topological polar surface area (TPSA) is 71.4 Å². The molecule has 1 fully saturated rings. The highest BCUT2D eigenvalue weighted by Gasteiger charge is 2.17. The van der Waals surface area contributed by atoms with Gasteiger partial charge in [-0.25, -0.2) is 9.97 Å². The SMILES string of the molecule is c1nc(-c2cnn(C3CCNCC3)c2)c2cc[nH]c2n1. The average molecular weight is 268 g/mol. The lowest BCUT2D eigenvalue weighted by atomic mass is 10.1. The van der Waals surface area contributed by atoms with Crippen LogP contribution in [0.25, 0.3) is 22.3 Å². The van der Waals surface area contributed by atoms with Crippen molar-refractivity contribution in [1.82, 2.24) is 30.0 Å². The number of aromatic nitrogens is 5. The van der Waals surface area contributed by atoms with Gasteiger partial charge in [0.15, 0.2) is 0 Å². The van der Waals surface area contributed by atoms with Crippen molar-refractivity contribution >= 4 is 11.0 Å². The van der Waals surface area contributed by atoms with Gasteiger partial charge in [-0.05, 0) is 32.0 Å². The molecule has 0 spiro atoms. The third-order valence-corrected chi connectivity index (χ3v) is 3.91. The molecule has 0 unspecified atom stereocenters. The second-order valence-corrected chi connectivity index (χ2v) is 5.15. The van der Waals surface area contributed by atoms with Crippen molar-refractivity contribution in [3.63, 3.8) is 0 Å². The van der Waals surface area contributed by atoms with Gasteiger partial charge in [-0.2, -0.15) is 5.10 Å². The Bertz CT molecular complexity index is 722. The molecule has 20 heavy (non-hydrogen) atoms. The van der Waals surface area contributed by atoms with Crippen molar-refractivity contribution in [2.75, 3.05) is 13.1 Å². The Balaban J connectivity index is 1.72. The molecule has 3 aromatic heterocycles. The summed E-state index contributed by atoms with van der Waals surface area (Å²) in [6.07, 6.45) is 9.74. The highest BCUT2D eigenvalue weighted by molar-refractivity contribution is 5.89. The average Bonchev–Trinajstić information content (AvgIpc) is 3.17. The first-order valence-electron chi connectivity index (χ1n) is 6.95. The van der Waals surface area contributed by atoms with E-state index in [4.69, 9.17) is 0 Å². The van der Waals surface area contributed by atoms with Crippen LogP contribution in [0.15, 0.2) is 31.0 Å². The van der Waals surface area contributed by atoms with Gasteiger partial charge in [-0.1, -0.05) is 0 Å². The maximum Gasteiger partial charge on any atom is 0.141 e. The monoisotopic (exact) mass is 268 g/mol. The number of rotatable bonds is 2. The first kappa shape index (κ1) is 11.6. The normalized spacial score (nSPS) is 16.8. The molecule has 0 atom stereocenters. The molecule has 0 amide bonds. The van der Waals surface area contributed by atoms with E-state index in [0.29, 0.717) is 6.04 Å². The van der Waals surface area contributed by atoms with Crippen LogP contribution in [0.4, 0.5) is 0 Å². The van der Waals surface area contributed by atoms with Crippen LogP contribution in [0.2, 0.25) is 0 Å². The number of piperidine rings is 1. The van der Waals surface area contributed by atoms with Gasteiger partial charge in [0.1, 0.15) is 12.0 Å². The van der Waals surface area contributed by atoms with Crippen LogP contribution < -0.4 is 5.32 Å². The third kappa shape index (κ3) is 1.89. The molecule has 6 nitrogen and oxygen atoms in total. The van der Waals surface area contributed by atoms with Crippen LogP contribution in [-0.2, 0) is 0 Å². The predicted octanol–water partition coefficient (Wildman–Crippen LogP) is 1.75. The van der Waals surface area contributed by atoms with Crippen molar-refractivity contribution in [3.05, 3.63) is 31.0 Å². The van der Waals surface area contributed by atoms with E-state index in [0.717, 1.165) is 48.2 Å². The fourth-order valence-electron chi connectivity index (χ4n) is 2.83. The number of fused-ring (bicyclic) bond motifs is 1. The van der Waals surface area contributed by atoms with Crippen LogP contribution in [0.1, 0.15) is 18.9 Å². The number of hydrogen-bond acceptors (Lipinski definition) is 4. The number of nitrogens with one attached hydrogen (secondary N) is 2. The predicted molar refractivity (Wildman–Crippen MR) is 76.3 cm³/mol. The minimum absolute atomic E-state index is 0.494. The molecule has 0 radical (unpaired) electrons. The number of H-pyrrole nitrogens is 1. The van der Waals surface area contributed by atoms with Crippen LogP contribution in [0, 0.1) is 0 Å². The number of hydrogen-bond donors (Lipinski definition) is 2. The molecule has 102 valence electrons. The summed E-state index contributed by atoms with van der Waals surface area (Å²) < 4.78 is 2.08. The summed E-state index contributed by atoms with van der Waals surface area (Å²) in [6, 6.07) is 2.50. The van der Waals surface area contributed by atoms with E-state index in [9.17, 15) is 0 Å². The quantitative estimate of drug-likeness (QED) is 0.742. The fraction of sp³-hybridized carbons (Fsp3) is 0.357. The smallest absolute Gasteiger partial charge is 0.141 e. The van der Waals surface area contributed by atoms with Gasteiger partial charge in [0.2, 0.25) is 0 Å². The second-order valence-electron chi connectivity index (χ2n) is 5.15. The molecule has 0 aliphatic carbocycles. The van der Waals surface area contributed by atoms with Gasteiger partial charge < -0.3 is 10.3 Å². The molecule has 0 bridgehead atoms. The highest BCUT2D eigenvalue weighted by Crippen LogP contribution is 2.26. The minimum atomic E-state index is 0.494. The molecule has 6 heteroatoms. The van der Waals surface area contributed by atoms with Crippen LogP contribution in [0.5, 0.6) is 0 Å². The summed E-state index contributed by atoms with van der Waals surface area (Å²) >= 11 is 0. The zero-order chi connectivity index (χ0) is 13.4. The zero-order valence-corrected chi connectivity index (χ0v) is 11.1. The molecule has 2 N–H and O–H groups in total. The van der Waals surface area contributed by atoms with Crippen LogP contribution in [0.3, 0.4) is 0 Å². The summed E-state index contributed by atoms with van der Waals surface area (Å²) in [5.41, 5.74) is 2.86. The van der Waals surface area contributed by atoms with Crippen molar-refractivity contribution in [1.29, 1.82) is 0 Å². The van der Waals surface area contributed by atoms with Crippen LogP contribution in [-0.4, -0.2) is 37.8 Å². The summed E-state index contributed by atoms with van der Waals surface area (Å²) in [4.78, 5) is 11.7. The number of nitrogens with zero attached hydrogens (tertiary/aromatic N) is 4. The zero-order valence-electron chi connectivity index (χ0n) is 11.1. The lowest BCUT2D eigenvalue weighted by molar-refractivity contribution is 0.343. The summed E-state index contributed by atoms with van der Waals surface area (Å²) in [5, 5.41) is 8.94. The van der Waals surface area contributed by atoms with E-state index in [-0.39, 0.29) is 0 Å². The molecule has 0 aromatic carbocycles. The molecule has 1 aliphatic rings. The summed E-state index contributed by atoms with van der Waals surface area (Å²) in [5.74, 6) is 0. The van der Waals surface area contributed by atoms with Gasteiger partial charge in [0.25, 0.3) is 0 Å². The Hall–Kier alpha value is -2.21. The Morgan fingerprint density at radius 2 is 2.10 bits per heavy atom. The van der Waals surface area contributed by atoms with Crippen molar-refractivity contribution in [3.8, 4) is 11.3 Å². The summed E-state index contributed by atoms with van der Waals surface area (Å²) in [7, 11) is 0. The van der Waals surface area contributed by atoms with Crippen LogP contribution >= 0.6 is 0 Å². The summed E-state index contributed by atoms with van der Waals surface area (Å²) in [6.45, 7) is 2.13. The Kier molecular flexibility index (Phi) is 2.74. The number of aromatic amines is 1. The Morgan fingerprint density at radius 1 is 1.20 bits per heavy atom. The highest BCUT2D eigenvalue weighted by atomic mass is 15.3. The Morgan fingerprint density at radius 3 is 3.00 bits per heavy atom. The first-order chi connectivity index (χ1) is 9.92. The van der Waals surface area contributed by atoms with E-state index in [1.807, 2.05) is 18.5 Å². The molecule has 3 aromatic rings. The maximum absolute atomic E-state index is 4.53. The molecular weight excluding hydrogens is 252 g/mol. The van der Waals surface area contributed by atoms with E-state index in [1.165, 1.54) is 0 Å². The Labute approximate surface area is 116 Å². The van der Waals surface area contributed by atoms with Crippen molar-refractivity contribution in [2.24, 2.45) is 0 Å². The van der Waals surface area contributed by atoms with E-state index in [2.05, 4.69) is 36.2 Å². The second kappa shape index (κ2) is 4.72. The standard InChI is InChI=1S/C14H16N6/c1-4-15-5-2-11(1)20-8-10(7-19-20)13-12-3-6-16-14(12)18-9-17-13/h3,6-9,11,15H,1-2,4-5H2,(H,16,17,18). The molecule has 1 aliphatic heterocycles. The largest absolute Gasteiger partial charge is 0.346 e. The lowest BCUT2D eigenvalue weighted by Crippen LogP contribution is -2.29. The molecule has 1 saturated heterocycles. The fourth-order valence-corrected chi connectivity index (χ4v) is 2.83. The molecular formula is C14H16N6. The van der Waals surface area contributed by atoms with E-state index < -0.39 is 0 Å². The van der Waals surface area contributed by atoms with Gasteiger partial charge in [-0.3, -0.25) is 4.68 Å². The minimum Gasteiger partial charge on any atom is -0.346 e. The molecule has 4 rings (SSSR count).